The third kappa shape index (κ3) is 2.87. The summed E-state index contributed by atoms with van der Waals surface area (Å²) in [4.78, 5) is 4.48. The predicted octanol–water partition coefficient (Wildman–Crippen LogP) is 4.45. The molecule has 2 rings (SSSR count). The van der Waals surface area contributed by atoms with Crippen LogP contribution in [0.1, 0.15) is 69.9 Å². The molecule has 1 saturated carbocycles. The third-order valence-electron chi connectivity index (χ3n) is 3.80. The molecule has 1 aromatic heterocycles. The first-order valence-corrected chi connectivity index (χ1v) is 6.49. The summed E-state index contributed by atoms with van der Waals surface area (Å²) in [6.07, 6.45) is 9.54. The lowest BCUT2D eigenvalue weighted by Gasteiger charge is -2.28. The molecule has 1 fully saturated rings. The van der Waals surface area contributed by atoms with Crippen molar-refractivity contribution in [2.75, 3.05) is 0 Å². The molecule has 0 aromatic carbocycles. The fourth-order valence-electron chi connectivity index (χ4n) is 2.73. The molecule has 1 aromatic rings. The SMILES string of the molecule is Cc1coc(C2CCCC(C)(C)CCC2)n1. The van der Waals surface area contributed by atoms with Gasteiger partial charge < -0.3 is 4.42 Å². The Bertz CT molecular complexity index is 328. The minimum absolute atomic E-state index is 0.539. The van der Waals surface area contributed by atoms with Gasteiger partial charge in [0, 0.05) is 5.92 Å². The molecule has 0 radical (unpaired) electrons. The number of hydrogen-bond acceptors (Lipinski definition) is 2. The summed E-state index contributed by atoms with van der Waals surface area (Å²) in [6, 6.07) is 0. The Morgan fingerprint density at radius 2 is 1.88 bits per heavy atom. The molecule has 1 aliphatic carbocycles. The van der Waals surface area contributed by atoms with E-state index >= 15 is 0 Å². The average Bonchev–Trinajstić information content (AvgIpc) is 2.59. The van der Waals surface area contributed by atoms with Gasteiger partial charge in [-0.3, -0.25) is 0 Å². The summed E-state index contributed by atoms with van der Waals surface area (Å²) in [5.41, 5.74) is 1.55. The van der Waals surface area contributed by atoms with Crippen molar-refractivity contribution < 1.29 is 4.42 Å². The van der Waals surface area contributed by atoms with Gasteiger partial charge in [0.2, 0.25) is 0 Å². The van der Waals surface area contributed by atoms with Crippen molar-refractivity contribution in [3.05, 3.63) is 17.8 Å². The minimum Gasteiger partial charge on any atom is -0.448 e. The van der Waals surface area contributed by atoms with Crippen LogP contribution in [-0.2, 0) is 0 Å². The third-order valence-corrected chi connectivity index (χ3v) is 3.80. The van der Waals surface area contributed by atoms with Gasteiger partial charge >= 0.3 is 0 Å². The van der Waals surface area contributed by atoms with Gasteiger partial charge in [0.05, 0.1) is 5.69 Å². The topological polar surface area (TPSA) is 26.0 Å². The van der Waals surface area contributed by atoms with Crippen LogP contribution in [0.2, 0.25) is 0 Å². The second-order valence-electron chi connectivity index (χ2n) is 5.97. The van der Waals surface area contributed by atoms with E-state index in [0.29, 0.717) is 11.3 Å². The highest BCUT2D eigenvalue weighted by Gasteiger charge is 2.24. The molecule has 0 N–H and O–H groups in total. The summed E-state index contributed by atoms with van der Waals surface area (Å²) in [7, 11) is 0. The summed E-state index contributed by atoms with van der Waals surface area (Å²) in [5.74, 6) is 1.53. The molecule has 0 amide bonds. The van der Waals surface area contributed by atoms with Gasteiger partial charge in [-0.2, -0.15) is 0 Å². The summed E-state index contributed by atoms with van der Waals surface area (Å²) in [5, 5.41) is 0. The zero-order chi connectivity index (χ0) is 11.6. The quantitative estimate of drug-likeness (QED) is 0.700. The normalized spacial score (nSPS) is 22.7. The van der Waals surface area contributed by atoms with Crippen LogP contribution in [0.4, 0.5) is 0 Å². The summed E-state index contributed by atoms with van der Waals surface area (Å²) < 4.78 is 5.54. The van der Waals surface area contributed by atoms with Gasteiger partial charge in [-0.1, -0.05) is 26.7 Å². The molecular formula is C14H23NO. The Morgan fingerprint density at radius 3 is 2.38 bits per heavy atom. The first-order chi connectivity index (χ1) is 7.57. The number of hydrogen-bond donors (Lipinski definition) is 0. The Labute approximate surface area is 98.5 Å². The molecular weight excluding hydrogens is 198 g/mol. The molecule has 0 spiro atoms. The van der Waals surface area contributed by atoms with Crippen LogP contribution in [0.3, 0.4) is 0 Å². The number of nitrogens with zero attached hydrogens (tertiary/aromatic N) is 1. The van der Waals surface area contributed by atoms with Crippen molar-refractivity contribution in [2.24, 2.45) is 5.41 Å². The largest absolute Gasteiger partial charge is 0.448 e. The van der Waals surface area contributed by atoms with Gasteiger partial charge in [-0.05, 0) is 38.0 Å². The van der Waals surface area contributed by atoms with E-state index in [-0.39, 0.29) is 0 Å². The maximum atomic E-state index is 5.54. The zero-order valence-corrected chi connectivity index (χ0v) is 10.8. The van der Waals surface area contributed by atoms with E-state index in [0.717, 1.165) is 11.6 Å². The predicted molar refractivity (Wildman–Crippen MR) is 65.5 cm³/mol. The van der Waals surface area contributed by atoms with Gasteiger partial charge in [-0.15, -0.1) is 0 Å². The van der Waals surface area contributed by atoms with E-state index in [1.54, 1.807) is 6.26 Å². The average molecular weight is 221 g/mol. The Balaban J connectivity index is 1.98. The minimum atomic E-state index is 0.539. The highest BCUT2D eigenvalue weighted by atomic mass is 16.3. The molecule has 1 heterocycles. The number of aromatic nitrogens is 1. The summed E-state index contributed by atoms with van der Waals surface area (Å²) >= 11 is 0. The lowest BCUT2D eigenvalue weighted by atomic mass is 9.77. The first kappa shape index (κ1) is 11.7. The monoisotopic (exact) mass is 221 g/mol. The van der Waals surface area contributed by atoms with E-state index in [9.17, 15) is 0 Å². The number of oxazole rings is 1. The van der Waals surface area contributed by atoms with Crippen molar-refractivity contribution >= 4 is 0 Å². The number of aryl methyl sites for hydroxylation is 1. The van der Waals surface area contributed by atoms with Crippen LogP contribution in [0, 0.1) is 12.3 Å². The second kappa shape index (κ2) is 4.60. The van der Waals surface area contributed by atoms with Crippen molar-refractivity contribution in [3.8, 4) is 0 Å². The Morgan fingerprint density at radius 1 is 1.25 bits per heavy atom. The second-order valence-corrected chi connectivity index (χ2v) is 5.97. The van der Waals surface area contributed by atoms with E-state index in [2.05, 4.69) is 18.8 Å². The molecule has 0 aliphatic heterocycles. The van der Waals surface area contributed by atoms with Gasteiger partial charge in [0.25, 0.3) is 0 Å². The lowest BCUT2D eigenvalue weighted by Crippen LogP contribution is -2.15. The highest BCUT2D eigenvalue weighted by Crippen LogP contribution is 2.37. The maximum absolute atomic E-state index is 5.54. The van der Waals surface area contributed by atoms with Crippen LogP contribution in [0.15, 0.2) is 10.7 Å². The van der Waals surface area contributed by atoms with E-state index in [1.807, 2.05) is 6.92 Å². The van der Waals surface area contributed by atoms with Gasteiger partial charge in [0.1, 0.15) is 6.26 Å². The standard InChI is InChI=1S/C14H23NO/c1-11-10-16-13(15-11)12-6-4-8-14(2,3)9-5-7-12/h10,12H,4-9H2,1-3H3. The molecule has 90 valence electrons. The zero-order valence-electron chi connectivity index (χ0n) is 10.8. The molecule has 0 bridgehead atoms. The summed E-state index contributed by atoms with van der Waals surface area (Å²) in [6.45, 7) is 6.78. The van der Waals surface area contributed by atoms with Gasteiger partial charge in [0.15, 0.2) is 5.89 Å². The Hall–Kier alpha value is -0.790. The molecule has 0 saturated heterocycles. The van der Waals surface area contributed by atoms with E-state index in [1.165, 1.54) is 38.5 Å². The van der Waals surface area contributed by atoms with E-state index in [4.69, 9.17) is 4.42 Å². The smallest absolute Gasteiger partial charge is 0.197 e. The molecule has 16 heavy (non-hydrogen) atoms. The molecule has 0 atom stereocenters. The van der Waals surface area contributed by atoms with Crippen molar-refractivity contribution in [1.29, 1.82) is 0 Å². The fraction of sp³-hybridized carbons (Fsp3) is 0.786. The molecule has 2 nitrogen and oxygen atoms in total. The van der Waals surface area contributed by atoms with Crippen molar-refractivity contribution in [2.45, 2.75) is 65.2 Å². The lowest BCUT2D eigenvalue weighted by molar-refractivity contribution is 0.246. The maximum Gasteiger partial charge on any atom is 0.197 e. The number of rotatable bonds is 1. The van der Waals surface area contributed by atoms with Crippen molar-refractivity contribution in [1.82, 2.24) is 4.98 Å². The fourth-order valence-corrected chi connectivity index (χ4v) is 2.73. The van der Waals surface area contributed by atoms with Gasteiger partial charge in [-0.25, -0.2) is 4.98 Å². The van der Waals surface area contributed by atoms with Crippen LogP contribution in [0.5, 0.6) is 0 Å². The van der Waals surface area contributed by atoms with Crippen LogP contribution < -0.4 is 0 Å². The van der Waals surface area contributed by atoms with Crippen LogP contribution in [0.25, 0.3) is 0 Å². The van der Waals surface area contributed by atoms with Crippen molar-refractivity contribution in [3.63, 3.8) is 0 Å². The molecule has 1 aliphatic rings. The highest BCUT2D eigenvalue weighted by molar-refractivity contribution is 4.99. The Kier molecular flexibility index (Phi) is 3.36. The first-order valence-electron chi connectivity index (χ1n) is 6.49. The molecule has 0 unspecified atom stereocenters. The van der Waals surface area contributed by atoms with Crippen LogP contribution in [-0.4, -0.2) is 4.98 Å². The van der Waals surface area contributed by atoms with E-state index < -0.39 is 0 Å². The molecule has 2 heteroatoms. The van der Waals surface area contributed by atoms with Crippen LogP contribution >= 0.6 is 0 Å².